The second kappa shape index (κ2) is 5.72. The van der Waals surface area contributed by atoms with Crippen LogP contribution in [0, 0.1) is 32.8 Å². The van der Waals surface area contributed by atoms with Crippen molar-refractivity contribution in [2.45, 2.75) is 46.1 Å². The number of benzene rings is 1. The minimum absolute atomic E-state index is 0.0231. The van der Waals surface area contributed by atoms with Gasteiger partial charge in [0.15, 0.2) is 0 Å². The number of nitro benzene ring substituents is 1. The van der Waals surface area contributed by atoms with Crippen LogP contribution in [-0.4, -0.2) is 11.0 Å². The molecule has 0 aliphatic heterocycles. The highest BCUT2D eigenvalue weighted by Gasteiger charge is 2.32. The second-order valence-electron chi connectivity index (χ2n) is 6.86. The summed E-state index contributed by atoms with van der Waals surface area (Å²) in [5, 5.41) is 23.4. The SMILES string of the molecule is CC1CC(Nc2ccc(C#N)cc2[N+](=O)[O-])CC(C)(C)C1. The van der Waals surface area contributed by atoms with Gasteiger partial charge in [-0.1, -0.05) is 20.8 Å². The van der Waals surface area contributed by atoms with E-state index < -0.39 is 4.92 Å². The van der Waals surface area contributed by atoms with Crippen LogP contribution in [0.4, 0.5) is 11.4 Å². The van der Waals surface area contributed by atoms with Crippen molar-refractivity contribution in [3.63, 3.8) is 0 Å². The summed E-state index contributed by atoms with van der Waals surface area (Å²) in [6, 6.07) is 6.77. The van der Waals surface area contributed by atoms with E-state index in [-0.39, 0.29) is 17.1 Å². The summed E-state index contributed by atoms with van der Waals surface area (Å²) in [4.78, 5) is 10.7. The van der Waals surface area contributed by atoms with E-state index in [2.05, 4.69) is 26.1 Å². The largest absolute Gasteiger partial charge is 0.377 e. The van der Waals surface area contributed by atoms with Gasteiger partial charge in [-0.15, -0.1) is 0 Å². The standard InChI is InChI=1S/C16H21N3O2/c1-11-6-13(9-16(2,3)8-11)18-14-5-4-12(10-17)7-15(14)19(20)21/h4-5,7,11,13,18H,6,8-9H2,1-3H3. The van der Waals surface area contributed by atoms with E-state index in [0.29, 0.717) is 17.2 Å². The van der Waals surface area contributed by atoms with Crippen LogP contribution in [0.15, 0.2) is 18.2 Å². The fraction of sp³-hybridized carbons (Fsp3) is 0.562. The molecule has 2 rings (SSSR count). The van der Waals surface area contributed by atoms with E-state index >= 15 is 0 Å². The van der Waals surface area contributed by atoms with E-state index in [1.54, 1.807) is 12.1 Å². The van der Waals surface area contributed by atoms with Gasteiger partial charge in [0.05, 0.1) is 16.6 Å². The Labute approximate surface area is 125 Å². The Bertz CT molecular complexity index is 590. The molecule has 0 bridgehead atoms. The highest BCUT2D eigenvalue weighted by Crippen LogP contribution is 2.40. The maximum absolute atomic E-state index is 11.2. The summed E-state index contributed by atoms with van der Waals surface area (Å²) in [5.41, 5.74) is 1.04. The smallest absolute Gasteiger partial charge is 0.293 e. The van der Waals surface area contributed by atoms with Gasteiger partial charge >= 0.3 is 0 Å². The molecule has 5 heteroatoms. The minimum Gasteiger partial charge on any atom is -0.377 e. The molecule has 1 aromatic rings. The summed E-state index contributed by atoms with van der Waals surface area (Å²) in [7, 11) is 0. The normalized spacial score (nSPS) is 24.1. The highest BCUT2D eigenvalue weighted by molar-refractivity contribution is 5.64. The summed E-state index contributed by atoms with van der Waals surface area (Å²) in [6.07, 6.45) is 3.19. The van der Waals surface area contributed by atoms with Crippen molar-refractivity contribution >= 4 is 11.4 Å². The lowest BCUT2D eigenvalue weighted by molar-refractivity contribution is -0.384. The van der Waals surface area contributed by atoms with Gasteiger partial charge in [-0.2, -0.15) is 5.26 Å². The van der Waals surface area contributed by atoms with Crippen molar-refractivity contribution in [3.8, 4) is 6.07 Å². The Morgan fingerprint density at radius 1 is 1.43 bits per heavy atom. The van der Waals surface area contributed by atoms with E-state index in [0.717, 1.165) is 12.8 Å². The minimum atomic E-state index is -0.430. The number of hydrogen-bond acceptors (Lipinski definition) is 4. The summed E-state index contributed by atoms with van der Waals surface area (Å²) in [5.74, 6) is 0.601. The summed E-state index contributed by atoms with van der Waals surface area (Å²) < 4.78 is 0. The van der Waals surface area contributed by atoms with Gasteiger partial charge in [-0.3, -0.25) is 10.1 Å². The zero-order valence-electron chi connectivity index (χ0n) is 12.7. The Morgan fingerprint density at radius 3 is 2.71 bits per heavy atom. The number of nitro groups is 1. The van der Waals surface area contributed by atoms with Gasteiger partial charge in [-0.05, 0) is 42.7 Å². The lowest BCUT2D eigenvalue weighted by Crippen LogP contribution is -2.35. The summed E-state index contributed by atoms with van der Waals surface area (Å²) in [6.45, 7) is 6.71. The number of hydrogen-bond donors (Lipinski definition) is 1. The molecular formula is C16H21N3O2. The van der Waals surface area contributed by atoms with Crippen LogP contribution in [0.3, 0.4) is 0 Å². The lowest BCUT2D eigenvalue weighted by Gasteiger charge is -2.39. The van der Waals surface area contributed by atoms with Crippen LogP contribution in [0.2, 0.25) is 0 Å². The number of nitrogens with one attached hydrogen (secondary N) is 1. The van der Waals surface area contributed by atoms with E-state index in [4.69, 9.17) is 5.26 Å². The number of nitrogens with zero attached hydrogens (tertiary/aromatic N) is 2. The predicted octanol–water partition coefficient (Wildman–Crippen LogP) is 4.09. The van der Waals surface area contributed by atoms with Crippen molar-refractivity contribution in [3.05, 3.63) is 33.9 Å². The van der Waals surface area contributed by atoms with Gasteiger partial charge in [0.2, 0.25) is 0 Å². The molecule has 1 aliphatic carbocycles. The average Bonchev–Trinajstić information content (AvgIpc) is 2.36. The number of anilines is 1. The van der Waals surface area contributed by atoms with Crippen molar-refractivity contribution in [2.75, 3.05) is 5.32 Å². The fourth-order valence-corrected chi connectivity index (χ4v) is 3.55. The molecule has 0 radical (unpaired) electrons. The fourth-order valence-electron chi connectivity index (χ4n) is 3.55. The Hall–Kier alpha value is -2.09. The van der Waals surface area contributed by atoms with Gasteiger partial charge in [0.1, 0.15) is 5.69 Å². The first kappa shape index (κ1) is 15.3. The van der Waals surface area contributed by atoms with Crippen LogP contribution in [0.25, 0.3) is 0 Å². The lowest BCUT2D eigenvalue weighted by atomic mass is 9.70. The highest BCUT2D eigenvalue weighted by atomic mass is 16.6. The molecule has 1 saturated carbocycles. The zero-order valence-corrected chi connectivity index (χ0v) is 12.7. The molecule has 0 saturated heterocycles. The van der Waals surface area contributed by atoms with E-state index in [9.17, 15) is 10.1 Å². The molecule has 0 amide bonds. The second-order valence-corrected chi connectivity index (χ2v) is 6.86. The molecule has 5 nitrogen and oxygen atoms in total. The molecule has 1 aliphatic rings. The molecule has 21 heavy (non-hydrogen) atoms. The van der Waals surface area contributed by atoms with Gasteiger partial charge in [0.25, 0.3) is 5.69 Å². The van der Waals surface area contributed by atoms with Crippen LogP contribution < -0.4 is 5.32 Å². The average molecular weight is 287 g/mol. The Balaban J connectivity index is 2.23. The van der Waals surface area contributed by atoms with Crippen LogP contribution in [0.1, 0.15) is 45.6 Å². The molecule has 2 unspecified atom stereocenters. The Kier molecular flexibility index (Phi) is 4.17. The van der Waals surface area contributed by atoms with Gasteiger partial charge < -0.3 is 5.32 Å². The first-order valence-electron chi connectivity index (χ1n) is 7.26. The number of rotatable bonds is 3. The van der Waals surface area contributed by atoms with Crippen LogP contribution in [-0.2, 0) is 0 Å². The Morgan fingerprint density at radius 2 is 2.14 bits per heavy atom. The molecule has 1 N–H and O–H groups in total. The number of nitriles is 1. The molecule has 2 atom stereocenters. The van der Waals surface area contributed by atoms with Crippen molar-refractivity contribution in [2.24, 2.45) is 11.3 Å². The van der Waals surface area contributed by atoms with Crippen molar-refractivity contribution < 1.29 is 4.92 Å². The van der Waals surface area contributed by atoms with Gasteiger partial charge in [0, 0.05) is 12.1 Å². The first-order chi connectivity index (χ1) is 9.80. The van der Waals surface area contributed by atoms with E-state index in [1.807, 2.05) is 6.07 Å². The van der Waals surface area contributed by atoms with E-state index in [1.165, 1.54) is 12.5 Å². The monoisotopic (exact) mass is 287 g/mol. The molecule has 112 valence electrons. The zero-order chi connectivity index (χ0) is 15.6. The maximum atomic E-state index is 11.2. The third-order valence-corrected chi connectivity index (χ3v) is 4.07. The third-order valence-electron chi connectivity index (χ3n) is 4.07. The molecule has 1 aromatic carbocycles. The summed E-state index contributed by atoms with van der Waals surface area (Å²) >= 11 is 0. The first-order valence-corrected chi connectivity index (χ1v) is 7.26. The third kappa shape index (κ3) is 3.72. The quantitative estimate of drug-likeness (QED) is 0.670. The molecule has 1 fully saturated rings. The molecule has 0 heterocycles. The van der Waals surface area contributed by atoms with Crippen LogP contribution >= 0.6 is 0 Å². The maximum Gasteiger partial charge on any atom is 0.293 e. The van der Waals surface area contributed by atoms with Crippen molar-refractivity contribution in [1.29, 1.82) is 5.26 Å². The molecule has 0 aromatic heterocycles. The topological polar surface area (TPSA) is 79.0 Å². The molecule has 0 spiro atoms. The predicted molar refractivity (Wildman–Crippen MR) is 82.0 cm³/mol. The van der Waals surface area contributed by atoms with Crippen molar-refractivity contribution in [1.82, 2.24) is 0 Å². The van der Waals surface area contributed by atoms with Crippen LogP contribution in [0.5, 0.6) is 0 Å². The van der Waals surface area contributed by atoms with Gasteiger partial charge in [-0.25, -0.2) is 0 Å². The molecular weight excluding hydrogens is 266 g/mol.